The molecule has 3 heterocycles. The van der Waals surface area contributed by atoms with E-state index in [2.05, 4.69) is 29.2 Å². The molecule has 2 saturated heterocycles. The normalized spacial score (nSPS) is 30.6. The van der Waals surface area contributed by atoms with Crippen molar-refractivity contribution in [3.05, 3.63) is 35.4 Å². The van der Waals surface area contributed by atoms with Crippen LogP contribution in [0.4, 0.5) is 0 Å². The van der Waals surface area contributed by atoms with Crippen molar-refractivity contribution in [3.8, 4) is 0 Å². The SMILES string of the molecule is CCS(=O)(=O)N1CCC[C@@H]2CN3CCc4ccccc4[C@H]3C[C@@H]21.Cl. The Morgan fingerprint density at radius 1 is 1.21 bits per heavy atom. The molecule has 0 spiro atoms. The molecule has 0 N–H and O–H groups in total. The van der Waals surface area contributed by atoms with Crippen LogP contribution in [0.3, 0.4) is 0 Å². The van der Waals surface area contributed by atoms with Crippen molar-refractivity contribution in [1.29, 1.82) is 0 Å². The average molecular weight is 371 g/mol. The van der Waals surface area contributed by atoms with E-state index in [9.17, 15) is 8.42 Å². The van der Waals surface area contributed by atoms with E-state index in [4.69, 9.17) is 0 Å². The first-order valence-corrected chi connectivity index (χ1v) is 10.5. The van der Waals surface area contributed by atoms with Crippen LogP contribution in [0.2, 0.25) is 0 Å². The molecule has 2 fully saturated rings. The molecule has 3 aliphatic heterocycles. The third kappa shape index (κ3) is 3.00. The Morgan fingerprint density at radius 2 is 2.00 bits per heavy atom. The van der Waals surface area contributed by atoms with Crippen molar-refractivity contribution in [2.75, 3.05) is 25.4 Å². The molecule has 0 aromatic heterocycles. The van der Waals surface area contributed by atoms with E-state index in [0.717, 1.165) is 32.4 Å². The van der Waals surface area contributed by atoms with E-state index in [1.165, 1.54) is 17.5 Å². The molecule has 24 heavy (non-hydrogen) atoms. The van der Waals surface area contributed by atoms with Gasteiger partial charge < -0.3 is 0 Å². The zero-order valence-electron chi connectivity index (χ0n) is 14.2. The second kappa shape index (κ2) is 6.94. The maximum Gasteiger partial charge on any atom is 0.214 e. The Kier molecular flexibility index (Phi) is 5.26. The third-order valence-electron chi connectivity index (χ3n) is 6.05. The predicted octanol–water partition coefficient (Wildman–Crippen LogP) is 2.84. The molecule has 0 bridgehead atoms. The van der Waals surface area contributed by atoms with Crippen molar-refractivity contribution < 1.29 is 8.42 Å². The van der Waals surface area contributed by atoms with Crippen molar-refractivity contribution in [3.63, 3.8) is 0 Å². The summed E-state index contributed by atoms with van der Waals surface area (Å²) in [6.07, 6.45) is 4.27. The van der Waals surface area contributed by atoms with Gasteiger partial charge in [-0.2, -0.15) is 4.31 Å². The molecule has 134 valence electrons. The van der Waals surface area contributed by atoms with Gasteiger partial charge in [-0.1, -0.05) is 24.3 Å². The summed E-state index contributed by atoms with van der Waals surface area (Å²) < 4.78 is 26.9. The zero-order valence-corrected chi connectivity index (χ0v) is 15.9. The van der Waals surface area contributed by atoms with Gasteiger partial charge in [0.15, 0.2) is 0 Å². The molecule has 6 heteroatoms. The fourth-order valence-electron chi connectivity index (χ4n) is 4.86. The molecular weight excluding hydrogens is 344 g/mol. The van der Waals surface area contributed by atoms with Crippen LogP contribution in [0, 0.1) is 5.92 Å². The van der Waals surface area contributed by atoms with Gasteiger partial charge in [-0.25, -0.2) is 8.42 Å². The topological polar surface area (TPSA) is 40.6 Å². The molecule has 0 aliphatic carbocycles. The van der Waals surface area contributed by atoms with Gasteiger partial charge in [0, 0.05) is 31.7 Å². The number of hydrogen-bond acceptors (Lipinski definition) is 3. The number of rotatable bonds is 2. The van der Waals surface area contributed by atoms with Gasteiger partial charge in [-0.05, 0) is 49.7 Å². The van der Waals surface area contributed by atoms with Crippen molar-refractivity contribution in [2.24, 2.45) is 5.92 Å². The van der Waals surface area contributed by atoms with Crippen LogP contribution in [0.1, 0.15) is 43.4 Å². The highest BCUT2D eigenvalue weighted by Gasteiger charge is 2.45. The molecule has 3 aliphatic rings. The molecule has 4 rings (SSSR count). The van der Waals surface area contributed by atoms with Crippen LogP contribution in [0.5, 0.6) is 0 Å². The van der Waals surface area contributed by atoms with E-state index >= 15 is 0 Å². The highest BCUT2D eigenvalue weighted by Crippen LogP contribution is 2.43. The van der Waals surface area contributed by atoms with Crippen molar-refractivity contribution >= 4 is 22.4 Å². The maximum absolute atomic E-state index is 12.5. The minimum absolute atomic E-state index is 0. The summed E-state index contributed by atoms with van der Waals surface area (Å²) in [5.41, 5.74) is 2.88. The van der Waals surface area contributed by atoms with Crippen LogP contribution in [0.15, 0.2) is 24.3 Å². The van der Waals surface area contributed by atoms with Crippen LogP contribution in [-0.2, 0) is 16.4 Å². The van der Waals surface area contributed by atoms with E-state index in [-0.39, 0.29) is 24.2 Å². The molecule has 0 amide bonds. The van der Waals surface area contributed by atoms with Gasteiger partial charge >= 0.3 is 0 Å². The summed E-state index contributed by atoms with van der Waals surface area (Å²) >= 11 is 0. The second-order valence-electron chi connectivity index (χ2n) is 7.18. The van der Waals surface area contributed by atoms with Gasteiger partial charge in [0.05, 0.1) is 5.75 Å². The van der Waals surface area contributed by atoms with Gasteiger partial charge in [0.25, 0.3) is 0 Å². The minimum Gasteiger partial charge on any atom is -0.296 e. The highest BCUT2D eigenvalue weighted by molar-refractivity contribution is 7.89. The number of halogens is 1. The molecule has 0 unspecified atom stereocenters. The fraction of sp³-hybridized carbons (Fsp3) is 0.667. The van der Waals surface area contributed by atoms with E-state index in [1.54, 1.807) is 6.92 Å². The Hall–Kier alpha value is -0.620. The highest BCUT2D eigenvalue weighted by atomic mass is 35.5. The third-order valence-corrected chi connectivity index (χ3v) is 7.94. The predicted molar refractivity (Wildman–Crippen MR) is 99.0 cm³/mol. The summed E-state index contributed by atoms with van der Waals surface area (Å²) in [5, 5.41) is 0. The number of sulfonamides is 1. The minimum atomic E-state index is -3.09. The van der Waals surface area contributed by atoms with E-state index in [0.29, 0.717) is 18.5 Å². The first kappa shape index (κ1) is 18.2. The summed E-state index contributed by atoms with van der Waals surface area (Å²) in [6.45, 7) is 4.65. The van der Waals surface area contributed by atoms with E-state index < -0.39 is 10.0 Å². The Labute approximate surface area is 151 Å². The maximum atomic E-state index is 12.5. The number of fused-ring (bicyclic) bond motifs is 4. The zero-order chi connectivity index (χ0) is 16.0. The smallest absolute Gasteiger partial charge is 0.214 e. The quantitative estimate of drug-likeness (QED) is 0.803. The summed E-state index contributed by atoms with van der Waals surface area (Å²) in [7, 11) is -3.09. The van der Waals surface area contributed by atoms with Crippen LogP contribution >= 0.6 is 12.4 Å². The van der Waals surface area contributed by atoms with Gasteiger partial charge in [-0.15, -0.1) is 12.4 Å². The largest absolute Gasteiger partial charge is 0.296 e. The lowest BCUT2D eigenvalue weighted by atomic mass is 9.77. The second-order valence-corrected chi connectivity index (χ2v) is 9.39. The molecule has 0 radical (unpaired) electrons. The van der Waals surface area contributed by atoms with Crippen molar-refractivity contribution in [1.82, 2.24) is 9.21 Å². The lowest BCUT2D eigenvalue weighted by Crippen LogP contribution is -2.57. The number of piperidine rings is 2. The van der Waals surface area contributed by atoms with Crippen LogP contribution < -0.4 is 0 Å². The van der Waals surface area contributed by atoms with Gasteiger partial charge in [-0.3, -0.25) is 4.90 Å². The number of hydrogen-bond donors (Lipinski definition) is 0. The van der Waals surface area contributed by atoms with Crippen molar-refractivity contribution in [2.45, 2.75) is 44.7 Å². The molecule has 1 aromatic rings. The number of nitrogens with zero attached hydrogens (tertiary/aromatic N) is 2. The molecule has 1 aromatic carbocycles. The monoisotopic (exact) mass is 370 g/mol. The molecule has 3 atom stereocenters. The lowest BCUT2D eigenvalue weighted by Gasteiger charge is -2.51. The van der Waals surface area contributed by atoms with Gasteiger partial charge in [0.1, 0.15) is 0 Å². The van der Waals surface area contributed by atoms with Crippen LogP contribution in [-0.4, -0.2) is 49.1 Å². The summed E-state index contributed by atoms with van der Waals surface area (Å²) in [6, 6.07) is 9.31. The molecule has 0 saturated carbocycles. The average Bonchev–Trinajstić information content (AvgIpc) is 2.59. The first-order chi connectivity index (χ1) is 11.1. The molecule has 4 nitrogen and oxygen atoms in total. The number of benzene rings is 1. The standard InChI is InChI=1S/C18H26N2O2S.ClH/c1-2-23(21,22)20-10-5-7-15-13-19-11-9-14-6-3-4-8-16(14)18(19)12-17(15)20;/h3-4,6,8,15,17-18H,2,5,7,9-13H2,1H3;1H/t15-,17+,18-;/m1./s1. The lowest BCUT2D eigenvalue weighted by molar-refractivity contribution is 0.0220. The van der Waals surface area contributed by atoms with Gasteiger partial charge in [0.2, 0.25) is 10.0 Å². The fourth-order valence-corrected chi connectivity index (χ4v) is 6.27. The Balaban J connectivity index is 0.00000169. The Morgan fingerprint density at radius 3 is 2.79 bits per heavy atom. The summed E-state index contributed by atoms with van der Waals surface area (Å²) in [4.78, 5) is 2.60. The summed E-state index contributed by atoms with van der Waals surface area (Å²) in [5.74, 6) is 0.730. The Bertz CT molecular complexity index is 694. The molecular formula is C18H27ClN2O2S. The van der Waals surface area contributed by atoms with Crippen LogP contribution in [0.25, 0.3) is 0 Å². The first-order valence-electron chi connectivity index (χ1n) is 8.91. The van der Waals surface area contributed by atoms with E-state index in [1.807, 2.05) is 4.31 Å².